The van der Waals surface area contributed by atoms with Crippen LogP contribution >= 0.6 is 0 Å². The molecule has 0 bridgehead atoms. The van der Waals surface area contributed by atoms with Crippen LogP contribution in [0, 0.1) is 5.92 Å². The predicted molar refractivity (Wildman–Crippen MR) is 77.0 cm³/mol. The van der Waals surface area contributed by atoms with Crippen molar-refractivity contribution in [3.8, 4) is 0 Å². The molecule has 100 valence electrons. The van der Waals surface area contributed by atoms with Gasteiger partial charge in [0.2, 0.25) is 0 Å². The summed E-state index contributed by atoms with van der Waals surface area (Å²) < 4.78 is 5.57. The first-order valence-electron chi connectivity index (χ1n) is 7.00. The molecular weight excluding hydrogens is 236 g/mol. The van der Waals surface area contributed by atoms with Gasteiger partial charge in [-0.15, -0.1) is 0 Å². The lowest BCUT2D eigenvalue weighted by Crippen LogP contribution is -2.26. The molecule has 1 N–H and O–H groups in total. The molecule has 0 spiro atoms. The maximum absolute atomic E-state index is 5.57. The van der Waals surface area contributed by atoms with Gasteiger partial charge >= 0.3 is 0 Å². The van der Waals surface area contributed by atoms with Crippen LogP contribution in [0.5, 0.6) is 0 Å². The molecule has 3 nitrogen and oxygen atoms in total. The first kappa shape index (κ1) is 12.6. The zero-order chi connectivity index (χ0) is 13.1. The van der Waals surface area contributed by atoms with Crippen LogP contribution in [0.15, 0.2) is 36.4 Å². The van der Waals surface area contributed by atoms with Crippen molar-refractivity contribution in [1.29, 1.82) is 0 Å². The fraction of sp³-hybridized carbons (Fsp3) is 0.438. The average Bonchev–Trinajstić information content (AvgIpc) is 2.84. The largest absolute Gasteiger partial charge is 0.378 e. The molecule has 2 heterocycles. The molecule has 1 aromatic heterocycles. The number of aromatic nitrogens is 1. The quantitative estimate of drug-likeness (QED) is 0.913. The molecule has 2 unspecified atom stereocenters. The molecule has 0 aliphatic carbocycles. The minimum atomic E-state index is 0.386. The number of hydrogen-bond donors (Lipinski definition) is 1. The number of para-hydroxylation sites is 1. The van der Waals surface area contributed by atoms with E-state index in [1.807, 2.05) is 12.1 Å². The van der Waals surface area contributed by atoms with E-state index in [1.165, 1.54) is 11.8 Å². The van der Waals surface area contributed by atoms with E-state index in [0.717, 1.165) is 30.9 Å². The molecule has 0 amide bonds. The Bertz CT molecular complexity index is 555. The normalized spacial score (nSPS) is 23.0. The third-order valence-corrected chi connectivity index (χ3v) is 3.90. The summed E-state index contributed by atoms with van der Waals surface area (Å²) in [5.41, 5.74) is 2.17. The number of rotatable bonds is 4. The third-order valence-electron chi connectivity index (χ3n) is 3.90. The second-order valence-electron chi connectivity index (χ2n) is 5.25. The van der Waals surface area contributed by atoms with Crippen molar-refractivity contribution in [1.82, 2.24) is 10.3 Å². The standard InChI is InChI=1S/C16H20N2O/c1-12-14(8-9-19-12)10-17-11-15-7-6-13-4-2-3-5-16(13)18-15/h2-7,12,14,17H,8-11H2,1H3. The van der Waals surface area contributed by atoms with Gasteiger partial charge in [-0.25, -0.2) is 0 Å². The van der Waals surface area contributed by atoms with E-state index in [2.05, 4.69) is 41.5 Å². The number of pyridine rings is 1. The van der Waals surface area contributed by atoms with Crippen molar-refractivity contribution in [2.75, 3.05) is 13.2 Å². The van der Waals surface area contributed by atoms with Gasteiger partial charge in [0.25, 0.3) is 0 Å². The van der Waals surface area contributed by atoms with E-state index in [9.17, 15) is 0 Å². The van der Waals surface area contributed by atoms with Crippen LogP contribution in [0.1, 0.15) is 19.0 Å². The highest BCUT2D eigenvalue weighted by Crippen LogP contribution is 2.19. The van der Waals surface area contributed by atoms with Crippen LogP contribution in [0.25, 0.3) is 10.9 Å². The zero-order valence-electron chi connectivity index (χ0n) is 11.3. The number of fused-ring (bicyclic) bond motifs is 1. The zero-order valence-corrected chi connectivity index (χ0v) is 11.3. The highest BCUT2D eigenvalue weighted by atomic mass is 16.5. The van der Waals surface area contributed by atoms with Crippen molar-refractivity contribution in [3.05, 3.63) is 42.1 Å². The first-order valence-corrected chi connectivity index (χ1v) is 7.00. The van der Waals surface area contributed by atoms with E-state index >= 15 is 0 Å². The molecule has 0 radical (unpaired) electrons. The number of nitrogens with one attached hydrogen (secondary N) is 1. The fourth-order valence-corrected chi connectivity index (χ4v) is 2.64. The van der Waals surface area contributed by atoms with Gasteiger partial charge in [0, 0.05) is 25.1 Å². The molecule has 3 rings (SSSR count). The topological polar surface area (TPSA) is 34.1 Å². The highest BCUT2D eigenvalue weighted by molar-refractivity contribution is 5.78. The highest BCUT2D eigenvalue weighted by Gasteiger charge is 2.23. The molecule has 2 aromatic rings. The summed E-state index contributed by atoms with van der Waals surface area (Å²) in [6, 6.07) is 12.5. The molecule has 2 atom stereocenters. The average molecular weight is 256 g/mol. The molecule has 1 aromatic carbocycles. The van der Waals surface area contributed by atoms with Crippen molar-refractivity contribution in [2.24, 2.45) is 5.92 Å². The lowest BCUT2D eigenvalue weighted by atomic mass is 10.0. The summed E-state index contributed by atoms with van der Waals surface area (Å²) in [6.07, 6.45) is 1.55. The van der Waals surface area contributed by atoms with E-state index in [0.29, 0.717) is 12.0 Å². The van der Waals surface area contributed by atoms with Crippen LogP contribution in [0.3, 0.4) is 0 Å². The molecular formula is C16H20N2O. The molecule has 3 heteroatoms. The summed E-state index contributed by atoms with van der Waals surface area (Å²) in [6.45, 7) is 4.90. The van der Waals surface area contributed by atoms with Gasteiger partial charge in [0.1, 0.15) is 0 Å². The molecule has 1 aliphatic rings. The van der Waals surface area contributed by atoms with Crippen LogP contribution in [-0.2, 0) is 11.3 Å². The van der Waals surface area contributed by atoms with Crippen LogP contribution in [-0.4, -0.2) is 24.2 Å². The fourth-order valence-electron chi connectivity index (χ4n) is 2.64. The molecule has 1 saturated heterocycles. The van der Waals surface area contributed by atoms with Gasteiger partial charge in [-0.2, -0.15) is 0 Å². The van der Waals surface area contributed by atoms with Gasteiger partial charge in [-0.3, -0.25) is 4.98 Å². The maximum atomic E-state index is 5.57. The Morgan fingerprint density at radius 3 is 3.00 bits per heavy atom. The Hall–Kier alpha value is -1.45. The Balaban J connectivity index is 1.59. The van der Waals surface area contributed by atoms with Gasteiger partial charge < -0.3 is 10.1 Å². The molecule has 19 heavy (non-hydrogen) atoms. The van der Waals surface area contributed by atoms with Gasteiger partial charge in [0.15, 0.2) is 0 Å². The van der Waals surface area contributed by atoms with Crippen LogP contribution in [0.2, 0.25) is 0 Å². The molecule has 1 fully saturated rings. The van der Waals surface area contributed by atoms with Crippen molar-refractivity contribution in [2.45, 2.75) is 26.0 Å². The van der Waals surface area contributed by atoms with E-state index in [4.69, 9.17) is 4.74 Å². The van der Waals surface area contributed by atoms with E-state index < -0.39 is 0 Å². The smallest absolute Gasteiger partial charge is 0.0705 e. The Kier molecular flexibility index (Phi) is 3.76. The molecule has 1 aliphatic heterocycles. The summed E-state index contributed by atoms with van der Waals surface area (Å²) in [5.74, 6) is 0.639. The lowest BCUT2D eigenvalue weighted by Gasteiger charge is -2.14. The lowest BCUT2D eigenvalue weighted by molar-refractivity contribution is 0.105. The summed E-state index contributed by atoms with van der Waals surface area (Å²) in [5, 5.41) is 4.69. The Morgan fingerprint density at radius 1 is 1.26 bits per heavy atom. The number of nitrogens with zero attached hydrogens (tertiary/aromatic N) is 1. The second kappa shape index (κ2) is 5.68. The predicted octanol–water partition coefficient (Wildman–Crippen LogP) is 2.75. The van der Waals surface area contributed by atoms with Crippen molar-refractivity contribution in [3.63, 3.8) is 0 Å². The SMILES string of the molecule is CC1OCCC1CNCc1ccc2ccccc2n1. The van der Waals surface area contributed by atoms with E-state index in [1.54, 1.807) is 0 Å². The van der Waals surface area contributed by atoms with Gasteiger partial charge in [-0.05, 0) is 31.4 Å². The van der Waals surface area contributed by atoms with Crippen LogP contribution < -0.4 is 5.32 Å². The Morgan fingerprint density at radius 2 is 2.16 bits per heavy atom. The number of ether oxygens (including phenoxy) is 1. The van der Waals surface area contributed by atoms with Gasteiger partial charge in [0.05, 0.1) is 17.3 Å². The second-order valence-corrected chi connectivity index (χ2v) is 5.25. The Labute approximate surface area is 114 Å². The van der Waals surface area contributed by atoms with Crippen molar-refractivity contribution >= 4 is 10.9 Å². The maximum Gasteiger partial charge on any atom is 0.0705 e. The minimum absolute atomic E-state index is 0.386. The van der Waals surface area contributed by atoms with E-state index in [-0.39, 0.29) is 0 Å². The minimum Gasteiger partial charge on any atom is -0.378 e. The van der Waals surface area contributed by atoms with Crippen molar-refractivity contribution < 1.29 is 4.74 Å². The third kappa shape index (κ3) is 2.94. The monoisotopic (exact) mass is 256 g/mol. The number of benzene rings is 1. The first-order chi connectivity index (χ1) is 9.33. The van der Waals surface area contributed by atoms with Crippen LogP contribution in [0.4, 0.5) is 0 Å². The summed E-state index contributed by atoms with van der Waals surface area (Å²) in [4.78, 5) is 4.66. The van der Waals surface area contributed by atoms with Gasteiger partial charge in [-0.1, -0.05) is 24.3 Å². The number of hydrogen-bond acceptors (Lipinski definition) is 3. The summed E-state index contributed by atoms with van der Waals surface area (Å²) >= 11 is 0. The molecule has 0 saturated carbocycles. The summed E-state index contributed by atoms with van der Waals surface area (Å²) in [7, 11) is 0.